The van der Waals surface area contributed by atoms with Crippen molar-refractivity contribution in [2.24, 2.45) is 10.7 Å². The molecular weight excluding hydrogens is 265 g/mol. The molecule has 0 saturated heterocycles. The van der Waals surface area contributed by atoms with Crippen molar-refractivity contribution in [1.29, 1.82) is 0 Å². The van der Waals surface area contributed by atoms with E-state index < -0.39 is 20.2 Å². The molecule has 0 saturated carbocycles. The first kappa shape index (κ1) is 15.6. The van der Waals surface area contributed by atoms with Crippen LogP contribution in [-0.2, 0) is 9.53 Å². The smallest absolute Gasteiger partial charge is 0.395 e. The lowest BCUT2D eigenvalue weighted by atomic mass is 10.1. The minimum Gasteiger partial charge on any atom is -0.575 e. The molecule has 5 nitrogen and oxygen atoms in total. The number of hydrogen-bond donors (Lipinski definition) is 0. The first-order valence-corrected chi connectivity index (χ1v) is 7.25. The van der Waals surface area contributed by atoms with E-state index in [4.69, 9.17) is 9.26 Å². The maximum absolute atomic E-state index is 11.8. The molecule has 1 rings (SSSR count). The maximum Gasteiger partial charge on any atom is 0.395 e. The number of hydrogen-bond acceptors (Lipinski definition) is 5. The van der Waals surface area contributed by atoms with E-state index in [0.717, 1.165) is 0 Å². The monoisotopic (exact) mass is 283 g/mol. The first-order chi connectivity index (χ1) is 9.04. The van der Waals surface area contributed by atoms with Crippen LogP contribution in [0, 0.1) is 5.92 Å². The zero-order valence-corrected chi connectivity index (χ0v) is 12.2. The van der Waals surface area contributed by atoms with Crippen molar-refractivity contribution in [2.45, 2.75) is 26.8 Å². The molecule has 0 fully saturated rings. The highest BCUT2D eigenvalue weighted by Gasteiger charge is 2.27. The van der Waals surface area contributed by atoms with Crippen LogP contribution in [0.5, 0.6) is 5.75 Å². The number of benzene rings is 1. The largest absolute Gasteiger partial charge is 0.575 e. The predicted molar refractivity (Wildman–Crippen MR) is 71.7 cm³/mol. The third kappa shape index (κ3) is 5.37. The molecule has 0 amide bonds. The first-order valence-electron chi connectivity index (χ1n) is 6.12. The van der Waals surface area contributed by atoms with E-state index in [2.05, 4.69) is 4.74 Å². The Morgan fingerprint density at radius 2 is 2.00 bits per heavy atom. The van der Waals surface area contributed by atoms with Crippen LogP contribution < -0.4 is 9.42 Å². The van der Waals surface area contributed by atoms with Crippen LogP contribution in [0.25, 0.3) is 0 Å². The van der Waals surface area contributed by atoms with Crippen molar-refractivity contribution >= 4 is 14.1 Å². The number of rotatable bonds is 6. The second-order valence-electron chi connectivity index (χ2n) is 4.20. The van der Waals surface area contributed by atoms with Crippen molar-refractivity contribution in [3.63, 3.8) is 0 Å². The average Bonchev–Trinajstić information content (AvgIpc) is 2.37. The van der Waals surface area contributed by atoms with Gasteiger partial charge in [0.15, 0.2) is 11.8 Å². The molecular formula is C13H18NO4P. The molecule has 2 atom stereocenters. The second-order valence-corrected chi connectivity index (χ2v) is 5.09. The van der Waals surface area contributed by atoms with Crippen LogP contribution in [-0.4, -0.2) is 18.6 Å². The Bertz CT molecular complexity index is 434. The molecule has 0 aliphatic rings. The van der Waals surface area contributed by atoms with Crippen molar-refractivity contribution in [3.05, 3.63) is 30.3 Å². The molecule has 6 heteroatoms. The lowest BCUT2D eigenvalue weighted by molar-refractivity contribution is -0.170. The van der Waals surface area contributed by atoms with Gasteiger partial charge in [0.2, 0.25) is 0 Å². The van der Waals surface area contributed by atoms with Gasteiger partial charge in [-0.1, -0.05) is 36.8 Å². The summed E-state index contributed by atoms with van der Waals surface area (Å²) in [5, 5.41) is 0. The molecule has 0 aliphatic carbocycles. The highest BCUT2D eigenvalue weighted by Crippen LogP contribution is 2.25. The number of ether oxygens (including phenoxy) is 1. The lowest BCUT2D eigenvalue weighted by Gasteiger charge is -2.12. The van der Waals surface area contributed by atoms with Crippen LogP contribution in [0.3, 0.4) is 0 Å². The van der Waals surface area contributed by atoms with Gasteiger partial charge in [0.25, 0.3) is 0 Å². The number of nitrogens with zero attached hydrogens (tertiary/aromatic N) is 1. The zero-order chi connectivity index (χ0) is 14.3. The normalized spacial score (nSPS) is 13.2. The fraction of sp³-hybridized carbons (Fsp3) is 0.462. The summed E-state index contributed by atoms with van der Waals surface area (Å²) in [6, 6.07) is 7.95. The van der Waals surface area contributed by atoms with E-state index in [0.29, 0.717) is 5.75 Å². The van der Waals surface area contributed by atoms with Gasteiger partial charge in [0, 0.05) is 0 Å². The highest BCUT2D eigenvalue weighted by molar-refractivity contribution is 7.34. The Labute approximate surface area is 114 Å². The Balaban J connectivity index is 2.75. The quantitative estimate of drug-likeness (QED) is 0.594. The fourth-order valence-electron chi connectivity index (χ4n) is 1.38. The number of carbonyl (C=O) groups excluding carboxylic acids is 1. The van der Waals surface area contributed by atoms with Gasteiger partial charge in [-0.15, -0.1) is 0 Å². The molecule has 1 aromatic carbocycles. The fourth-order valence-corrected chi connectivity index (χ4v) is 2.29. The molecule has 0 heterocycles. The molecule has 0 N–H and O–H groups in total. The van der Waals surface area contributed by atoms with Crippen LogP contribution >= 0.6 is 8.17 Å². The van der Waals surface area contributed by atoms with Gasteiger partial charge < -0.3 is 9.63 Å². The number of esters is 1. The Morgan fingerprint density at radius 1 is 1.37 bits per heavy atom. The summed E-state index contributed by atoms with van der Waals surface area (Å²) in [6.45, 7) is 5.62. The SMILES string of the molecule is CCOC(=O)[C@@H](N=[P+]([O-])Oc1ccccc1)C(C)C. The highest BCUT2D eigenvalue weighted by atomic mass is 31.1. The molecule has 104 valence electrons. The summed E-state index contributed by atoms with van der Waals surface area (Å²) in [5.41, 5.74) is 0. The number of para-hydroxylation sites is 1. The zero-order valence-electron chi connectivity index (χ0n) is 11.3. The van der Waals surface area contributed by atoms with E-state index in [-0.39, 0.29) is 12.5 Å². The third-order valence-corrected chi connectivity index (χ3v) is 3.11. The summed E-state index contributed by atoms with van der Waals surface area (Å²) in [5.74, 6) is -0.117. The van der Waals surface area contributed by atoms with Gasteiger partial charge in [0.1, 0.15) is 0 Å². The van der Waals surface area contributed by atoms with Gasteiger partial charge in [-0.25, -0.2) is 4.79 Å². The van der Waals surface area contributed by atoms with E-state index in [1.54, 1.807) is 31.2 Å². The van der Waals surface area contributed by atoms with Gasteiger partial charge in [-0.05, 0) is 25.0 Å². The van der Waals surface area contributed by atoms with Crippen molar-refractivity contribution in [3.8, 4) is 5.75 Å². The summed E-state index contributed by atoms with van der Waals surface area (Å²) >= 11 is 0. The standard InChI is InChI=1S/C13H18NO4P/c1-4-17-13(15)12(10(2)3)14-19(16)18-11-8-6-5-7-9-11/h5-10,12H,4H2,1-3H3/t12-/m0/s1. The van der Waals surface area contributed by atoms with E-state index in [1.165, 1.54) is 0 Å². The Morgan fingerprint density at radius 3 is 2.53 bits per heavy atom. The van der Waals surface area contributed by atoms with Crippen LogP contribution in [0.4, 0.5) is 0 Å². The van der Waals surface area contributed by atoms with Crippen molar-refractivity contribution in [2.75, 3.05) is 6.61 Å². The van der Waals surface area contributed by atoms with E-state index in [1.807, 2.05) is 19.9 Å². The van der Waals surface area contributed by atoms with Crippen LogP contribution in [0.2, 0.25) is 0 Å². The van der Waals surface area contributed by atoms with E-state index in [9.17, 15) is 9.69 Å². The summed E-state index contributed by atoms with van der Waals surface area (Å²) in [7, 11) is -2.30. The molecule has 19 heavy (non-hydrogen) atoms. The van der Waals surface area contributed by atoms with E-state index >= 15 is 0 Å². The summed E-state index contributed by atoms with van der Waals surface area (Å²) < 4.78 is 14.0. The maximum atomic E-state index is 11.8. The Hall–Kier alpha value is -1.45. The second kappa shape index (κ2) is 7.87. The van der Waals surface area contributed by atoms with Crippen molar-refractivity contribution in [1.82, 2.24) is 0 Å². The lowest BCUT2D eigenvalue weighted by Crippen LogP contribution is -2.26. The van der Waals surface area contributed by atoms with Gasteiger partial charge in [0.05, 0.1) is 6.61 Å². The molecule has 0 aliphatic heterocycles. The molecule has 0 bridgehead atoms. The minimum absolute atomic E-state index is 0.0997. The van der Waals surface area contributed by atoms with Crippen LogP contribution in [0.15, 0.2) is 35.1 Å². The van der Waals surface area contributed by atoms with Gasteiger partial charge in [-0.3, -0.25) is 4.52 Å². The van der Waals surface area contributed by atoms with Crippen LogP contribution in [0.1, 0.15) is 20.8 Å². The average molecular weight is 283 g/mol. The summed E-state index contributed by atoms with van der Waals surface area (Å²) in [4.78, 5) is 23.5. The third-order valence-electron chi connectivity index (χ3n) is 2.30. The van der Waals surface area contributed by atoms with Gasteiger partial charge >= 0.3 is 14.1 Å². The summed E-state index contributed by atoms with van der Waals surface area (Å²) in [6.07, 6.45) is 0. The molecule has 0 spiro atoms. The van der Waals surface area contributed by atoms with Gasteiger partial charge in [-0.2, -0.15) is 0 Å². The number of carbonyl (C=O) groups is 1. The van der Waals surface area contributed by atoms with Crippen molar-refractivity contribution < 1.29 is 18.9 Å². The molecule has 1 unspecified atom stereocenters. The Kier molecular flexibility index (Phi) is 6.46. The molecule has 1 aromatic rings. The molecule has 0 radical (unpaired) electrons. The topological polar surface area (TPSA) is 71.0 Å². The molecule has 0 aromatic heterocycles. The minimum atomic E-state index is -2.30. The predicted octanol–water partition coefficient (Wildman–Crippen LogP) is 2.51.